The molecule has 8 nitrogen and oxygen atoms in total. The molecule has 1 aliphatic rings. The standard InChI is InChI=1S/C32H31N3O5S2/c1-7-40-31(38)27-19(3)33-32-35(28(27)21-10-14-25(41-6)15-11-21)29(36)26(42-32)17-23-16-18(2)34(20(23)4)24-12-8-22(9-13-24)30(37)39-5/h8-17,28H,7H2,1-6H3/b26-17+/t28-/m1/s1. The van der Waals surface area contributed by atoms with Crippen LogP contribution >= 0.6 is 23.1 Å². The zero-order valence-electron chi connectivity index (χ0n) is 24.3. The zero-order chi connectivity index (χ0) is 30.1. The molecule has 5 rings (SSSR count). The van der Waals surface area contributed by atoms with Crippen LogP contribution in [0.15, 0.2) is 80.5 Å². The first-order valence-corrected chi connectivity index (χ1v) is 15.4. The van der Waals surface area contributed by atoms with Gasteiger partial charge < -0.3 is 14.0 Å². The van der Waals surface area contributed by atoms with Crippen LogP contribution in [0, 0.1) is 13.8 Å². The summed E-state index contributed by atoms with van der Waals surface area (Å²) < 4.78 is 14.4. The Morgan fingerprint density at radius 2 is 1.74 bits per heavy atom. The number of ether oxygens (including phenoxy) is 2. The first kappa shape index (κ1) is 29.3. The predicted molar refractivity (Wildman–Crippen MR) is 165 cm³/mol. The molecule has 0 spiro atoms. The number of rotatable bonds is 7. The lowest BCUT2D eigenvalue weighted by Gasteiger charge is -2.24. The minimum atomic E-state index is -0.654. The molecule has 42 heavy (non-hydrogen) atoms. The Kier molecular flexibility index (Phi) is 8.38. The van der Waals surface area contributed by atoms with Gasteiger partial charge in [-0.25, -0.2) is 14.6 Å². The molecule has 3 heterocycles. The van der Waals surface area contributed by atoms with Crippen LogP contribution in [0.3, 0.4) is 0 Å². The smallest absolute Gasteiger partial charge is 0.338 e. The van der Waals surface area contributed by atoms with Gasteiger partial charge in [0.15, 0.2) is 4.80 Å². The quantitative estimate of drug-likeness (QED) is 0.225. The van der Waals surface area contributed by atoms with Crippen molar-refractivity contribution in [1.82, 2.24) is 9.13 Å². The van der Waals surface area contributed by atoms with Crippen molar-refractivity contribution in [1.29, 1.82) is 0 Å². The molecule has 0 radical (unpaired) electrons. The maximum absolute atomic E-state index is 14.0. The van der Waals surface area contributed by atoms with E-state index in [9.17, 15) is 14.4 Å². The summed E-state index contributed by atoms with van der Waals surface area (Å²) in [7, 11) is 1.36. The fourth-order valence-corrected chi connectivity index (χ4v) is 6.68. The Hall–Kier alpha value is -4.15. The van der Waals surface area contributed by atoms with Crippen LogP contribution in [-0.4, -0.2) is 41.0 Å². The van der Waals surface area contributed by atoms with Crippen molar-refractivity contribution in [3.8, 4) is 5.69 Å². The number of fused-ring (bicyclic) bond motifs is 1. The van der Waals surface area contributed by atoms with E-state index in [4.69, 9.17) is 9.47 Å². The van der Waals surface area contributed by atoms with E-state index in [1.807, 2.05) is 68.6 Å². The Morgan fingerprint density at radius 1 is 1.05 bits per heavy atom. The van der Waals surface area contributed by atoms with Gasteiger partial charge in [0.25, 0.3) is 5.56 Å². The van der Waals surface area contributed by atoms with Gasteiger partial charge in [0.1, 0.15) is 0 Å². The number of benzene rings is 2. The minimum Gasteiger partial charge on any atom is -0.465 e. The van der Waals surface area contributed by atoms with Gasteiger partial charge in [-0.2, -0.15) is 0 Å². The molecule has 0 aliphatic carbocycles. The maximum Gasteiger partial charge on any atom is 0.338 e. The van der Waals surface area contributed by atoms with Crippen LogP contribution in [0.4, 0.5) is 0 Å². The van der Waals surface area contributed by atoms with Gasteiger partial charge in [-0.05, 0) is 93.6 Å². The molecule has 2 aromatic carbocycles. The average Bonchev–Trinajstić information content (AvgIpc) is 3.45. The molecule has 0 fully saturated rings. The second-order valence-corrected chi connectivity index (χ2v) is 11.7. The lowest BCUT2D eigenvalue weighted by molar-refractivity contribution is -0.139. The number of allylic oxidation sites excluding steroid dienone is 1. The fraction of sp³-hybridized carbons (Fsp3) is 0.250. The Bertz CT molecular complexity index is 1890. The normalized spacial score (nSPS) is 14.9. The van der Waals surface area contributed by atoms with Crippen LogP contribution in [0.25, 0.3) is 11.8 Å². The average molecular weight is 602 g/mol. The Labute approximate surface area is 251 Å². The summed E-state index contributed by atoms with van der Waals surface area (Å²) in [6.45, 7) is 7.75. The number of nitrogens with zero attached hydrogens (tertiary/aromatic N) is 3. The number of carbonyl (C=O) groups excluding carboxylic acids is 2. The van der Waals surface area contributed by atoms with E-state index in [0.717, 1.165) is 33.1 Å². The van der Waals surface area contributed by atoms with Gasteiger partial charge in [0, 0.05) is 22.0 Å². The van der Waals surface area contributed by atoms with Crippen LogP contribution in [0.2, 0.25) is 0 Å². The molecule has 2 aromatic heterocycles. The minimum absolute atomic E-state index is 0.221. The number of aromatic nitrogens is 2. The van der Waals surface area contributed by atoms with Gasteiger partial charge in [0.2, 0.25) is 0 Å². The number of esters is 2. The molecule has 216 valence electrons. The van der Waals surface area contributed by atoms with E-state index in [2.05, 4.69) is 9.56 Å². The highest BCUT2D eigenvalue weighted by Crippen LogP contribution is 2.32. The van der Waals surface area contributed by atoms with Gasteiger partial charge in [-0.1, -0.05) is 23.5 Å². The largest absolute Gasteiger partial charge is 0.465 e. The van der Waals surface area contributed by atoms with Crippen molar-refractivity contribution in [3.63, 3.8) is 0 Å². The molecule has 10 heteroatoms. The summed E-state index contributed by atoms with van der Waals surface area (Å²) in [5.41, 5.74) is 5.65. The molecule has 1 aliphatic heterocycles. The third-order valence-corrected chi connectivity index (χ3v) is 8.98. The Morgan fingerprint density at radius 3 is 2.36 bits per heavy atom. The third-order valence-electron chi connectivity index (χ3n) is 7.25. The molecule has 4 aromatic rings. The van der Waals surface area contributed by atoms with Gasteiger partial charge in [-0.3, -0.25) is 9.36 Å². The van der Waals surface area contributed by atoms with Crippen molar-refractivity contribution in [2.45, 2.75) is 38.6 Å². The van der Waals surface area contributed by atoms with Crippen LogP contribution < -0.4 is 14.9 Å². The third kappa shape index (κ3) is 5.28. The van der Waals surface area contributed by atoms with Crippen molar-refractivity contribution in [2.75, 3.05) is 20.0 Å². The second kappa shape index (κ2) is 12.0. The number of hydrogen-bond donors (Lipinski definition) is 0. The van der Waals surface area contributed by atoms with Crippen molar-refractivity contribution in [3.05, 3.63) is 114 Å². The molecule has 0 unspecified atom stereocenters. The predicted octanol–water partition coefficient (Wildman–Crippen LogP) is 4.71. The molecule has 0 N–H and O–H groups in total. The summed E-state index contributed by atoms with van der Waals surface area (Å²) in [4.78, 5) is 45.3. The number of thiazole rings is 1. The number of aryl methyl sites for hydroxylation is 1. The molecular formula is C32H31N3O5S2. The topological polar surface area (TPSA) is 91.9 Å². The number of methoxy groups -OCH3 is 1. The van der Waals surface area contributed by atoms with E-state index in [1.54, 1.807) is 42.3 Å². The highest BCUT2D eigenvalue weighted by atomic mass is 32.2. The van der Waals surface area contributed by atoms with Gasteiger partial charge >= 0.3 is 11.9 Å². The zero-order valence-corrected chi connectivity index (χ0v) is 25.9. The second-order valence-electron chi connectivity index (χ2n) is 9.78. The van der Waals surface area contributed by atoms with E-state index >= 15 is 0 Å². The highest BCUT2D eigenvalue weighted by molar-refractivity contribution is 7.98. The van der Waals surface area contributed by atoms with Crippen LogP contribution in [0.1, 0.15) is 52.8 Å². The monoisotopic (exact) mass is 601 g/mol. The first-order valence-electron chi connectivity index (χ1n) is 13.4. The fourth-order valence-electron chi connectivity index (χ4n) is 5.23. The van der Waals surface area contributed by atoms with E-state index < -0.39 is 18.0 Å². The molecule has 0 saturated carbocycles. The first-order chi connectivity index (χ1) is 20.2. The van der Waals surface area contributed by atoms with Crippen LogP contribution in [-0.2, 0) is 14.3 Å². The summed E-state index contributed by atoms with van der Waals surface area (Å²) in [5.74, 6) is -0.868. The van der Waals surface area contributed by atoms with E-state index in [-0.39, 0.29) is 12.2 Å². The summed E-state index contributed by atoms with van der Waals surface area (Å²) >= 11 is 2.92. The molecule has 0 amide bonds. The molecule has 1 atom stereocenters. The van der Waals surface area contributed by atoms with Gasteiger partial charge in [-0.15, -0.1) is 11.8 Å². The Balaban J connectivity index is 1.63. The molecule has 0 saturated heterocycles. The maximum atomic E-state index is 14.0. The number of hydrogen-bond acceptors (Lipinski definition) is 8. The summed E-state index contributed by atoms with van der Waals surface area (Å²) in [6, 6.07) is 16.4. The lowest BCUT2D eigenvalue weighted by Crippen LogP contribution is -2.39. The van der Waals surface area contributed by atoms with E-state index in [1.165, 1.54) is 18.4 Å². The van der Waals surface area contributed by atoms with Crippen molar-refractivity contribution >= 4 is 41.1 Å². The number of carbonyl (C=O) groups is 2. The lowest BCUT2D eigenvalue weighted by atomic mass is 9.96. The van der Waals surface area contributed by atoms with Crippen molar-refractivity contribution in [2.24, 2.45) is 4.99 Å². The SMILES string of the molecule is CCOC(=O)C1=C(C)N=c2s/c(=C/c3cc(C)n(-c4ccc(C(=O)OC)cc4)c3C)c(=O)n2[C@@H]1c1ccc(SC)cc1. The molecule has 0 bridgehead atoms. The summed E-state index contributed by atoms with van der Waals surface area (Å²) in [6.07, 6.45) is 3.88. The highest BCUT2D eigenvalue weighted by Gasteiger charge is 2.33. The van der Waals surface area contributed by atoms with E-state index in [0.29, 0.717) is 26.2 Å². The molecular weight excluding hydrogens is 571 g/mol. The van der Waals surface area contributed by atoms with Gasteiger partial charge in [0.05, 0.1) is 41.1 Å². The van der Waals surface area contributed by atoms with Crippen molar-refractivity contribution < 1.29 is 19.1 Å². The summed E-state index contributed by atoms with van der Waals surface area (Å²) in [5, 5.41) is 0. The van der Waals surface area contributed by atoms with Crippen LogP contribution in [0.5, 0.6) is 0 Å². The number of thioether (sulfide) groups is 1.